The molecule has 3 N–H and O–H groups in total. The number of rotatable bonds is 5. The van der Waals surface area contributed by atoms with Crippen LogP contribution in [0.25, 0.3) is 0 Å². The van der Waals surface area contributed by atoms with E-state index in [-0.39, 0.29) is 11.6 Å². The number of hydrogen-bond donors (Lipinski definition) is 2. The number of hydrazine groups is 1. The molecule has 1 aliphatic rings. The molecule has 0 aromatic carbocycles. The molecule has 4 nitrogen and oxygen atoms in total. The van der Waals surface area contributed by atoms with E-state index < -0.39 is 0 Å². The highest BCUT2D eigenvalue weighted by molar-refractivity contribution is 5.05. The van der Waals surface area contributed by atoms with Crippen LogP contribution in [0.15, 0.2) is 22.8 Å². The molecule has 0 radical (unpaired) electrons. The van der Waals surface area contributed by atoms with Crippen LogP contribution >= 0.6 is 0 Å². The van der Waals surface area contributed by atoms with E-state index in [1.165, 1.54) is 19.3 Å². The van der Waals surface area contributed by atoms with E-state index in [0.29, 0.717) is 0 Å². The molecule has 0 spiro atoms. The van der Waals surface area contributed by atoms with Crippen molar-refractivity contribution >= 4 is 0 Å². The second kappa shape index (κ2) is 5.67. The summed E-state index contributed by atoms with van der Waals surface area (Å²) < 4.78 is 11.2. The zero-order valence-electron chi connectivity index (χ0n) is 10.4. The van der Waals surface area contributed by atoms with Gasteiger partial charge in [0.25, 0.3) is 0 Å². The first-order valence-corrected chi connectivity index (χ1v) is 6.34. The Hall–Kier alpha value is -0.840. The van der Waals surface area contributed by atoms with Gasteiger partial charge in [-0.3, -0.25) is 11.3 Å². The van der Waals surface area contributed by atoms with Gasteiger partial charge in [0, 0.05) is 13.5 Å². The van der Waals surface area contributed by atoms with Crippen LogP contribution in [0.2, 0.25) is 0 Å². The molecule has 1 unspecified atom stereocenters. The minimum absolute atomic E-state index is 0.110. The van der Waals surface area contributed by atoms with Crippen LogP contribution in [0.1, 0.15) is 37.9 Å². The molecule has 4 heteroatoms. The fourth-order valence-electron chi connectivity index (χ4n) is 2.87. The topological polar surface area (TPSA) is 60.4 Å². The van der Waals surface area contributed by atoms with E-state index in [9.17, 15) is 0 Å². The molecule has 1 atom stereocenters. The van der Waals surface area contributed by atoms with Gasteiger partial charge in [0.1, 0.15) is 5.76 Å². The average Bonchev–Trinajstić information content (AvgIpc) is 2.89. The quantitative estimate of drug-likeness (QED) is 0.608. The maximum atomic E-state index is 5.80. The van der Waals surface area contributed by atoms with Gasteiger partial charge < -0.3 is 9.15 Å². The summed E-state index contributed by atoms with van der Waals surface area (Å²) in [7, 11) is 1.79. The Bertz CT molecular complexity index is 318. The normalized spacial score (nSPS) is 21.3. The second-order valence-electron chi connectivity index (χ2n) is 4.83. The van der Waals surface area contributed by atoms with Crippen LogP contribution in [0.4, 0.5) is 0 Å². The Morgan fingerprint density at radius 1 is 1.47 bits per heavy atom. The SMILES string of the molecule is COC1(C(Cc2ccco2)NN)CCCCC1. The lowest BCUT2D eigenvalue weighted by Crippen LogP contribution is -2.56. The minimum Gasteiger partial charge on any atom is -0.469 e. The van der Waals surface area contributed by atoms with Crippen LogP contribution < -0.4 is 11.3 Å². The largest absolute Gasteiger partial charge is 0.469 e. The Kier molecular flexibility index (Phi) is 4.20. The monoisotopic (exact) mass is 238 g/mol. The molecule has 2 rings (SSSR count). The van der Waals surface area contributed by atoms with Crippen LogP contribution in [0.5, 0.6) is 0 Å². The van der Waals surface area contributed by atoms with E-state index in [4.69, 9.17) is 15.0 Å². The van der Waals surface area contributed by atoms with Gasteiger partial charge in [0.15, 0.2) is 0 Å². The molecular weight excluding hydrogens is 216 g/mol. The van der Waals surface area contributed by atoms with Crippen molar-refractivity contribution in [1.82, 2.24) is 5.43 Å². The van der Waals surface area contributed by atoms with Crippen molar-refractivity contribution < 1.29 is 9.15 Å². The highest BCUT2D eigenvalue weighted by Crippen LogP contribution is 2.35. The molecule has 0 aliphatic heterocycles. The Morgan fingerprint density at radius 3 is 2.76 bits per heavy atom. The lowest BCUT2D eigenvalue weighted by Gasteiger charge is -2.42. The summed E-state index contributed by atoms with van der Waals surface area (Å²) in [5.74, 6) is 6.66. The van der Waals surface area contributed by atoms with Crippen molar-refractivity contribution in [2.45, 2.75) is 50.2 Å². The van der Waals surface area contributed by atoms with Crippen molar-refractivity contribution in [3.63, 3.8) is 0 Å². The summed E-state index contributed by atoms with van der Waals surface area (Å²) in [4.78, 5) is 0. The molecule has 17 heavy (non-hydrogen) atoms. The number of ether oxygens (including phenoxy) is 1. The van der Waals surface area contributed by atoms with E-state index in [2.05, 4.69) is 5.43 Å². The Labute approximate surface area is 102 Å². The fourth-order valence-corrected chi connectivity index (χ4v) is 2.87. The minimum atomic E-state index is -0.139. The predicted molar refractivity (Wildman–Crippen MR) is 66.3 cm³/mol. The fraction of sp³-hybridized carbons (Fsp3) is 0.692. The summed E-state index contributed by atoms with van der Waals surface area (Å²) in [5, 5.41) is 0. The highest BCUT2D eigenvalue weighted by Gasteiger charge is 2.39. The van der Waals surface area contributed by atoms with Crippen molar-refractivity contribution in [2.75, 3.05) is 7.11 Å². The molecule has 0 amide bonds. The van der Waals surface area contributed by atoms with Crippen LogP contribution in [-0.4, -0.2) is 18.8 Å². The first-order valence-electron chi connectivity index (χ1n) is 6.34. The van der Waals surface area contributed by atoms with Gasteiger partial charge in [0.05, 0.1) is 17.9 Å². The van der Waals surface area contributed by atoms with Gasteiger partial charge in [-0.1, -0.05) is 19.3 Å². The predicted octanol–water partition coefficient (Wildman–Crippen LogP) is 2.00. The van der Waals surface area contributed by atoms with Crippen LogP contribution in [0, 0.1) is 0 Å². The van der Waals surface area contributed by atoms with Crippen molar-refractivity contribution in [1.29, 1.82) is 0 Å². The number of hydrogen-bond acceptors (Lipinski definition) is 4. The average molecular weight is 238 g/mol. The van der Waals surface area contributed by atoms with Crippen molar-refractivity contribution in [3.8, 4) is 0 Å². The number of nitrogens with one attached hydrogen (secondary N) is 1. The molecule has 0 saturated heterocycles. The smallest absolute Gasteiger partial charge is 0.105 e. The summed E-state index contributed by atoms with van der Waals surface area (Å²) >= 11 is 0. The third kappa shape index (κ3) is 2.70. The van der Waals surface area contributed by atoms with Crippen molar-refractivity contribution in [2.24, 2.45) is 5.84 Å². The first kappa shape index (κ1) is 12.6. The molecule has 1 heterocycles. The van der Waals surface area contributed by atoms with Crippen molar-refractivity contribution in [3.05, 3.63) is 24.2 Å². The molecular formula is C13H22N2O2. The Morgan fingerprint density at radius 2 is 2.24 bits per heavy atom. The number of furan rings is 1. The zero-order valence-corrected chi connectivity index (χ0v) is 10.4. The van der Waals surface area contributed by atoms with Crippen LogP contribution in [-0.2, 0) is 11.2 Å². The van der Waals surface area contributed by atoms with Crippen LogP contribution in [0.3, 0.4) is 0 Å². The van der Waals surface area contributed by atoms with E-state index in [1.807, 2.05) is 12.1 Å². The summed E-state index contributed by atoms with van der Waals surface area (Å²) in [5.41, 5.74) is 2.78. The van der Waals surface area contributed by atoms with Gasteiger partial charge >= 0.3 is 0 Å². The van der Waals surface area contributed by atoms with Gasteiger partial charge in [-0.2, -0.15) is 0 Å². The molecule has 1 aliphatic carbocycles. The van der Waals surface area contributed by atoms with E-state index in [1.54, 1.807) is 13.4 Å². The maximum absolute atomic E-state index is 5.80. The molecule has 1 saturated carbocycles. The van der Waals surface area contributed by atoms with E-state index in [0.717, 1.165) is 25.0 Å². The zero-order chi connectivity index (χ0) is 12.1. The number of methoxy groups -OCH3 is 1. The molecule has 96 valence electrons. The molecule has 1 fully saturated rings. The lowest BCUT2D eigenvalue weighted by molar-refractivity contribution is -0.0683. The van der Waals surface area contributed by atoms with E-state index >= 15 is 0 Å². The highest BCUT2D eigenvalue weighted by atomic mass is 16.5. The first-order chi connectivity index (χ1) is 8.30. The third-order valence-electron chi connectivity index (χ3n) is 3.93. The summed E-state index contributed by atoms with van der Waals surface area (Å²) in [6, 6.07) is 4.00. The molecule has 1 aromatic rings. The van der Waals surface area contributed by atoms with Gasteiger partial charge in [-0.25, -0.2) is 0 Å². The summed E-state index contributed by atoms with van der Waals surface area (Å²) in [6.07, 6.45) is 8.33. The maximum Gasteiger partial charge on any atom is 0.105 e. The second-order valence-corrected chi connectivity index (χ2v) is 4.83. The van der Waals surface area contributed by atoms with Gasteiger partial charge in [-0.15, -0.1) is 0 Å². The Balaban J connectivity index is 2.09. The molecule has 1 aromatic heterocycles. The van der Waals surface area contributed by atoms with Gasteiger partial charge in [0.2, 0.25) is 0 Å². The number of nitrogens with two attached hydrogens (primary N) is 1. The molecule has 0 bridgehead atoms. The summed E-state index contributed by atoms with van der Waals surface area (Å²) in [6.45, 7) is 0. The van der Waals surface area contributed by atoms with Gasteiger partial charge in [-0.05, 0) is 25.0 Å². The standard InChI is InChI=1S/C13H22N2O2/c1-16-13(7-3-2-4-8-13)12(15-14)10-11-6-5-9-17-11/h5-6,9,12,15H,2-4,7-8,10,14H2,1H3. The third-order valence-corrected chi connectivity index (χ3v) is 3.93. The lowest BCUT2D eigenvalue weighted by atomic mass is 9.78.